The number of nitrogens with zero attached hydrogens (tertiary/aromatic N) is 1. The molecule has 0 spiro atoms. The number of ether oxygens (including phenoxy) is 4. The number of rotatable bonds is 89. The Bertz CT molecular complexity index is 1620. The summed E-state index contributed by atoms with van der Waals surface area (Å²) in [5.74, 6) is -1.96. The van der Waals surface area contributed by atoms with Crippen molar-refractivity contribution < 1.29 is 42.9 Å². The van der Waals surface area contributed by atoms with Crippen LogP contribution in [0.3, 0.4) is 0 Å². The molecule has 0 fully saturated rings. The lowest BCUT2D eigenvalue weighted by atomic mass is 10.0. The van der Waals surface area contributed by atoms with E-state index in [1.807, 2.05) is 21.1 Å². The van der Waals surface area contributed by atoms with Crippen molar-refractivity contribution >= 4 is 17.9 Å². The average Bonchev–Trinajstić information content (AvgIpc) is 1.21. The quantitative estimate of drug-likeness (QED) is 0.0278. The number of quaternary nitrogens is 1. The standard InChI is InChI=1S/C92H181NO8/c1-6-8-10-12-14-16-18-20-22-24-26-28-30-32-34-36-38-40-42-43-44-45-46-47-49-51-53-55-57-59-61-63-65-67-69-71-73-75-77-79-81-83-90(95)101-88(87-100-92(91(96)97)98-85-84-93(3,4)5)86-99-89(94)82-80-78-76-74-72-70-68-66-64-62-60-58-56-54-52-50-48-41-39-37-35-33-31-29-27-25-23-21-19-17-15-13-11-9-7-2/h88,92H,6-87H2,1-5H3/p+1. The largest absolute Gasteiger partial charge is 0.477 e. The molecule has 0 aromatic rings. The minimum atomic E-state index is -1.51. The van der Waals surface area contributed by atoms with E-state index in [1.165, 1.54) is 449 Å². The Morgan fingerprint density at radius 1 is 0.257 bits per heavy atom. The van der Waals surface area contributed by atoms with Gasteiger partial charge in [-0.1, -0.05) is 489 Å². The van der Waals surface area contributed by atoms with E-state index in [0.717, 1.165) is 38.5 Å². The van der Waals surface area contributed by atoms with Crippen LogP contribution in [0, 0.1) is 0 Å². The minimum absolute atomic E-state index is 0.171. The number of carbonyl (C=O) groups excluding carboxylic acids is 2. The van der Waals surface area contributed by atoms with Crippen LogP contribution >= 0.6 is 0 Å². The van der Waals surface area contributed by atoms with Crippen molar-refractivity contribution in [3.05, 3.63) is 0 Å². The van der Waals surface area contributed by atoms with Gasteiger partial charge in [0.25, 0.3) is 6.29 Å². The van der Waals surface area contributed by atoms with Crippen molar-refractivity contribution in [2.24, 2.45) is 0 Å². The maximum Gasteiger partial charge on any atom is 0.361 e. The molecule has 2 atom stereocenters. The van der Waals surface area contributed by atoms with E-state index < -0.39 is 18.4 Å². The summed E-state index contributed by atoms with van der Waals surface area (Å²) in [6.07, 6.45) is 103. The van der Waals surface area contributed by atoms with E-state index in [0.29, 0.717) is 17.4 Å². The van der Waals surface area contributed by atoms with Gasteiger partial charge in [0.1, 0.15) is 13.2 Å². The molecule has 0 aliphatic carbocycles. The van der Waals surface area contributed by atoms with Gasteiger partial charge in [-0.05, 0) is 12.8 Å². The molecule has 9 heteroatoms. The number of unbranched alkanes of at least 4 members (excludes halogenated alkanes) is 74. The van der Waals surface area contributed by atoms with Crippen molar-refractivity contribution in [2.75, 3.05) is 47.5 Å². The van der Waals surface area contributed by atoms with Crippen molar-refractivity contribution in [3.63, 3.8) is 0 Å². The molecule has 101 heavy (non-hydrogen) atoms. The van der Waals surface area contributed by atoms with E-state index in [9.17, 15) is 19.5 Å². The number of carboxylic acid groups (broad SMARTS) is 1. The van der Waals surface area contributed by atoms with Gasteiger partial charge in [-0.25, -0.2) is 4.79 Å². The number of aliphatic carboxylic acids is 1. The van der Waals surface area contributed by atoms with E-state index in [2.05, 4.69) is 13.8 Å². The van der Waals surface area contributed by atoms with Crippen LogP contribution in [0.25, 0.3) is 0 Å². The van der Waals surface area contributed by atoms with Gasteiger partial charge in [-0.2, -0.15) is 0 Å². The van der Waals surface area contributed by atoms with Gasteiger partial charge in [0.15, 0.2) is 6.10 Å². The van der Waals surface area contributed by atoms with Crippen LogP contribution in [0.1, 0.15) is 515 Å². The first-order valence-corrected chi connectivity index (χ1v) is 46.2. The van der Waals surface area contributed by atoms with Gasteiger partial charge in [-0.3, -0.25) is 9.59 Å². The van der Waals surface area contributed by atoms with E-state index in [1.54, 1.807) is 0 Å². The lowest BCUT2D eigenvalue weighted by molar-refractivity contribution is -0.870. The van der Waals surface area contributed by atoms with Crippen molar-refractivity contribution in [1.29, 1.82) is 0 Å². The molecular weight excluding hydrogens is 1250 g/mol. The predicted molar refractivity (Wildman–Crippen MR) is 439 cm³/mol. The lowest BCUT2D eigenvalue weighted by Gasteiger charge is -2.25. The van der Waals surface area contributed by atoms with Gasteiger partial charge in [0, 0.05) is 12.8 Å². The second kappa shape index (κ2) is 83.9. The molecular formula is C92H182NO8+. The van der Waals surface area contributed by atoms with Crippen LogP contribution in [0.5, 0.6) is 0 Å². The van der Waals surface area contributed by atoms with Crippen LogP contribution in [-0.4, -0.2) is 87.4 Å². The van der Waals surface area contributed by atoms with Gasteiger partial charge in [0.05, 0.1) is 34.4 Å². The molecule has 0 heterocycles. The molecule has 1 N–H and O–H groups in total. The lowest BCUT2D eigenvalue weighted by Crippen LogP contribution is -2.40. The van der Waals surface area contributed by atoms with Gasteiger partial charge in [-0.15, -0.1) is 0 Å². The molecule has 0 saturated carbocycles. The zero-order valence-corrected chi connectivity index (χ0v) is 69.4. The fourth-order valence-electron chi connectivity index (χ4n) is 14.9. The van der Waals surface area contributed by atoms with Crippen LogP contribution < -0.4 is 0 Å². The Kier molecular flexibility index (Phi) is 82.5. The topological polar surface area (TPSA) is 108 Å². The maximum absolute atomic E-state index is 13.0. The molecule has 0 rings (SSSR count). The molecule has 0 saturated heterocycles. The number of carboxylic acids is 1. The average molecular weight is 1430 g/mol. The Morgan fingerprint density at radius 3 is 0.634 bits per heavy atom. The number of likely N-dealkylation sites (N-methyl/N-ethyl adjacent to an activating group) is 1. The first-order valence-electron chi connectivity index (χ1n) is 46.2. The molecule has 0 aliphatic heterocycles. The second-order valence-corrected chi connectivity index (χ2v) is 33.3. The summed E-state index contributed by atoms with van der Waals surface area (Å²) in [7, 11) is 6.01. The number of carbonyl (C=O) groups is 3. The van der Waals surface area contributed by atoms with Crippen molar-refractivity contribution in [1.82, 2.24) is 0 Å². The fourth-order valence-corrected chi connectivity index (χ4v) is 14.9. The number of hydrogen-bond donors (Lipinski definition) is 1. The van der Waals surface area contributed by atoms with Crippen molar-refractivity contribution in [2.45, 2.75) is 527 Å². The first-order chi connectivity index (χ1) is 49.6. The normalized spacial score (nSPS) is 12.4. The molecule has 0 bridgehead atoms. The number of esters is 2. The SMILES string of the molecule is CCCCCCCCCCCCCCCCCCCCCCCCCCCCCCCCCCCCCCCCCCCC(=O)OC(COC(=O)CCCCCCCCCCCCCCCCCCCCCCCCCCCCCCCCCCCCC)COC(OCC[N+](C)(C)C)C(=O)O. The van der Waals surface area contributed by atoms with Gasteiger partial charge < -0.3 is 28.5 Å². The monoisotopic (exact) mass is 1430 g/mol. The summed E-state index contributed by atoms with van der Waals surface area (Å²) in [5, 5.41) is 9.80. The molecule has 0 aromatic heterocycles. The Labute approximate surface area is 632 Å². The van der Waals surface area contributed by atoms with Gasteiger partial charge in [0.2, 0.25) is 0 Å². The van der Waals surface area contributed by atoms with Gasteiger partial charge >= 0.3 is 17.9 Å². The summed E-state index contributed by atoms with van der Waals surface area (Å²) in [4.78, 5) is 37.8. The Morgan fingerprint density at radius 2 is 0.446 bits per heavy atom. The van der Waals surface area contributed by atoms with E-state index in [4.69, 9.17) is 18.9 Å². The highest BCUT2D eigenvalue weighted by Gasteiger charge is 2.25. The highest BCUT2D eigenvalue weighted by molar-refractivity contribution is 5.71. The number of hydrogen-bond acceptors (Lipinski definition) is 7. The molecule has 9 nitrogen and oxygen atoms in total. The highest BCUT2D eigenvalue weighted by Crippen LogP contribution is 2.22. The molecule has 0 radical (unpaired) electrons. The summed E-state index contributed by atoms with van der Waals surface area (Å²) in [6, 6.07) is 0. The summed E-state index contributed by atoms with van der Waals surface area (Å²) in [6.45, 7) is 5.00. The van der Waals surface area contributed by atoms with Crippen LogP contribution in [0.15, 0.2) is 0 Å². The van der Waals surface area contributed by atoms with E-state index >= 15 is 0 Å². The second-order valence-electron chi connectivity index (χ2n) is 33.3. The van der Waals surface area contributed by atoms with E-state index in [-0.39, 0.29) is 38.2 Å². The zero-order chi connectivity index (χ0) is 73.2. The third-order valence-corrected chi connectivity index (χ3v) is 21.9. The van der Waals surface area contributed by atoms with Crippen LogP contribution in [0.2, 0.25) is 0 Å². The summed E-state index contributed by atoms with van der Waals surface area (Å²) >= 11 is 0. The predicted octanol–water partition coefficient (Wildman–Crippen LogP) is 30.1. The van der Waals surface area contributed by atoms with Crippen molar-refractivity contribution in [3.8, 4) is 0 Å². The van der Waals surface area contributed by atoms with Crippen LogP contribution in [0.4, 0.5) is 0 Å². The zero-order valence-electron chi connectivity index (χ0n) is 69.4. The Balaban J connectivity index is 3.85. The fraction of sp³-hybridized carbons (Fsp3) is 0.967. The molecule has 2 unspecified atom stereocenters. The summed E-state index contributed by atoms with van der Waals surface area (Å²) < 4.78 is 23.1. The minimum Gasteiger partial charge on any atom is -0.477 e. The first kappa shape index (κ1) is 99.3. The third kappa shape index (κ3) is 85.4. The highest BCUT2D eigenvalue weighted by atomic mass is 16.7. The molecule has 0 amide bonds. The maximum atomic E-state index is 13.0. The van der Waals surface area contributed by atoms with Crippen LogP contribution in [-0.2, 0) is 33.3 Å². The molecule has 602 valence electrons. The third-order valence-electron chi connectivity index (χ3n) is 21.9. The Hall–Kier alpha value is -1.71. The molecule has 0 aliphatic rings. The molecule has 0 aromatic carbocycles. The summed E-state index contributed by atoms with van der Waals surface area (Å²) in [5.41, 5.74) is 0. The smallest absolute Gasteiger partial charge is 0.361 e.